The Bertz CT molecular complexity index is 661. The van der Waals surface area contributed by atoms with E-state index < -0.39 is 10.0 Å². The molecule has 0 atom stereocenters. The predicted octanol–water partition coefficient (Wildman–Crippen LogP) is 0.869. The topological polar surface area (TPSA) is 73.8 Å². The summed E-state index contributed by atoms with van der Waals surface area (Å²) >= 11 is 1.78. The molecule has 0 aliphatic carbocycles. The van der Waals surface area contributed by atoms with Gasteiger partial charge in [0.1, 0.15) is 5.82 Å². The molecule has 6 nitrogen and oxygen atoms in total. The molecule has 2 rings (SSSR count). The molecule has 9 heteroatoms. The van der Waals surface area contributed by atoms with Crippen LogP contribution in [0.4, 0.5) is 4.39 Å². The summed E-state index contributed by atoms with van der Waals surface area (Å²) in [6.07, 6.45) is 0. The van der Waals surface area contributed by atoms with Crippen LogP contribution in [0.25, 0.3) is 0 Å². The van der Waals surface area contributed by atoms with Crippen molar-refractivity contribution in [3.05, 3.63) is 35.6 Å². The molecule has 24 heavy (non-hydrogen) atoms. The van der Waals surface area contributed by atoms with Crippen molar-refractivity contribution in [1.29, 1.82) is 0 Å². The second kappa shape index (κ2) is 9.24. The highest BCUT2D eigenvalue weighted by molar-refractivity contribution is 7.99. The van der Waals surface area contributed by atoms with E-state index in [1.807, 2.05) is 6.07 Å². The maximum atomic E-state index is 13.1. The van der Waals surface area contributed by atoms with Gasteiger partial charge in [-0.2, -0.15) is 11.8 Å². The van der Waals surface area contributed by atoms with Gasteiger partial charge in [0.25, 0.3) is 0 Å². The molecule has 0 amide bonds. The third-order valence-corrected chi connectivity index (χ3v) is 6.40. The molecule has 1 aromatic carbocycles. The van der Waals surface area contributed by atoms with Gasteiger partial charge < -0.3 is 10.6 Å². The Kier molecular flexibility index (Phi) is 7.32. The smallest absolute Gasteiger partial charge is 0.215 e. The number of guanidine groups is 1. The number of aliphatic imine (C=N–C) groups is 1. The fraction of sp³-hybridized carbons (Fsp3) is 0.533. The molecule has 0 bridgehead atoms. The lowest BCUT2D eigenvalue weighted by atomic mass is 10.2. The molecule has 1 aromatic rings. The van der Waals surface area contributed by atoms with E-state index in [9.17, 15) is 12.8 Å². The molecule has 1 aliphatic rings. The normalized spacial score (nSPS) is 16.8. The Hall–Kier alpha value is -1.32. The van der Waals surface area contributed by atoms with Gasteiger partial charge in [0.2, 0.25) is 10.0 Å². The van der Waals surface area contributed by atoms with Gasteiger partial charge in [-0.05, 0) is 17.7 Å². The molecule has 1 fully saturated rings. The minimum atomic E-state index is -3.23. The van der Waals surface area contributed by atoms with Crippen LogP contribution in [-0.2, 0) is 16.6 Å². The van der Waals surface area contributed by atoms with Crippen molar-refractivity contribution in [2.45, 2.75) is 6.54 Å². The number of sulfonamides is 1. The molecule has 0 aromatic heterocycles. The van der Waals surface area contributed by atoms with E-state index in [-0.39, 0.29) is 18.1 Å². The minimum absolute atomic E-state index is 0.0261. The highest BCUT2D eigenvalue weighted by Gasteiger charge is 2.23. The Morgan fingerprint density at radius 3 is 2.75 bits per heavy atom. The monoisotopic (exact) mass is 374 g/mol. The summed E-state index contributed by atoms with van der Waals surface area (Å²) in [7, 11) is -1.63. The number of hydrogen-bond acceptors (Lipinski definition) is 4. The van der Waals surface area contributed by atoms with Gasteiger partial charge in [0, 0.05) is 44.7 Å². The number of rotatable bonds is 6. The summed E-state index contributed by atoms with van der Waals surface area (Å²) in [4.78, 5) is 4.05. The molecule has 0 radical (unpaired) electrons. The number of thioether (sulfide) groups is 1. The van der Waals surface area contributed by atoms with Crippen LogP contribution < -0.4 is 10.6 Å². The standard InChI is InChI=1S/C15H23FN4O2S2/c1-17-15(19-12-13-3-2-4-14(16)11-13)18-5-10-24(21,22)20-6-8-23-9-7-20/h2-4,11H,5-10,12H2,1H3,(H2,17,18,19). The van der Waals surface area contributed by atoms with Crippen molar-refractivity contribution in [3.8, 4) is 0 Å². The third-order valence-electron chi connectivity index (χ3n) is 3.59. The van der Waals surface area contributed by atoms with Gasteiger partial charge in [-0.15, -0.1) is 0 Å². The van der Waals surface area contributed by atoms with Crippen LogP contribution in [0.3, 0.4) is 0 Å². The maximum Gasteiger partial charge on any atom is 0.215 e. The van der Waals surface area contributed by atoms with Crippen LogP contribution in [0.15, 0.2) is 29.3 Å². The fourth-order valence-electron chi connectivity index (χ4n) is 2.31. The molecule has 2 N–H and O–H groups in total. The lowest BCUT2D eigenvalue weighted by molar-refractivity contribution is 0.443. The van der Waals surface area contributed by atoms with Crippen molar-refractivity contribution in [1.82, 2.24) is 14.9 Å². The molecule has 134 valence electrons. The molecular weight excluding hydrogens is 351 g/mol. The van der Waals surface area contributed by atoms with Crippen LogP contribution in [0.5, 0.6) is 0 Å². The lowest BCUT2D eigenvalue weighted by Gasteiger charge is -2.25. The predicted molar refractivity (Wildman–Crippen MR) is 97.3 cm³/mol. The summed E-state index contributed by atoms with van der Waals surface area (Å²) in [6, 6.07) is 6.29. The van der Waals surface area contributed by atoms with Gasteiger partial charge >= 0.3 is 0 Å². The molecule has 0 saturated carbocycles. The molecular formula is C15H23FN4O2S2. The van der Waals surface area contributed by atoms with Crippen LogP contribution in [0.1, 0.15) is 5.56 Å². The Morgan fingerprint density at radius 2 is 2.08 bits per heavy atom. The molecule has 1 aliphatic heterocycles. The number of nitrogens with one attached hydrogen (secondary N) is 2. The van der Waals surface area contributed by atoms with Crippen LogP contribution >= 0.6 is 11.8 Å². The first-order valence-electron chi connectivity index (χ1n) is 7.76. The van der Waals surface area contributed by atoms with E-state index in [2.05, 4.69) is 15.6 Å². The number of benzene rings is 1. The first kappa shape index (κ1) is 19.0. The highest BCUT2D eigenvalue weighted by atomic mass is 32.2. The largest absolute Gasteiger partial charge is 0.355 e. The second-order valence-electron chi connectivity index (χ2n) is 5.31. The third kappa shape index (κ3) is 5.95. The number of hydrogen-bond donors (Lipinski definition) is 2. The lowest BCUT2D eigenvalue weighted by Crippen LogP contribution is -2.44. The summed E-state index contributed by atoms with van der Waals surface area (Å²) < 4.78 is 39.2. The van der Waals surface area contributed by atoms with Gasteiger partial charge in [-0.1, -0.05) is 12.1 Å². The summed E-state index contributed by atoms with van der Waals surface area (Å²) in [5.41, 5.74) is 0.788. The molecule has 1 heterocycles. The molecule has 1 saturated heterocycles. The Morgan fingerprint density at radius 1 is 1.33 bits per heavy atom. The van der Waals surface area contributed by atoms with E-state index in [4.69, 9.17) is 0 Å². The zero-order chi connectivity index (χ0) is 17.4. The molecule has 0 unspecified atom stereocenters. The first-order chi connectivity index (χ1) is 11.5. The summed E-state index contributed by atoms with van der Waals surface area (Å²) in [6.45, 7) is 1.85. The number of nitrogens with zero attached hydrogens (tertiary/aromatic N) is 2. The summed E-state index contributed by atoms with van der Waals surface area (Å²) in [5, 5.41) is 6.02. The summed E-state index contributed by atoms with van der Waals surface area (Å²) in [5.74, 6) is 1.93. The SMILES string of the molecule is CN=C(NCCS(=O)(=O)N1CCSCC1)NCc1cccc(F)c1. The quantitative estimate of drug-likeness (QED) is 0.571. The fourth-order valence-corrected chi connectivity index (χ4v) is 4.80. The van der Waals surface area contributed by atoms with Crippen molar-refractivity contribution >= 4 is 27.7 Å². The van der Waals surface area contributed by atoms with Crippen molar-refractivity contribution in [3.63, 3.8) is 0 Å². The zero-order valence-electron chi connectivity index (χ0n) is 13.7. The van der Waals surface area contributed by atoms with E-state index in [0.29, 0.717) is 25.6 Å². The average molecular weight is 375 g/mol. The maximum absolute atomic E-state index is 13.1. The van der Waals surface area contributed by atoms with Gasteiger partial charge in [0.15, 0.2) is 5.96 Å². The van der Waals surface area contributed by atoms with Gasteiger partial charge in [-0.25, -0.2) is 17.1 Å². The first-order valence-corrected chi connectivity index (χ1v) is 10.5. The van der Waals surface area contributed by atoms with Gasteiger partial charge in [-0.3, -0.25) is 4.99 Å². The highest BCUT2D eigenvalue weighted by Crippen LogP contribution is 2.12. The second-order valence-corrected chi connectivity index (χ2v) is 8.62. The van der Waals surface area contributed by atoms with Crippen LogP contribution in [0.2, 0.25) is 0 Å². The molecule has 0 spiro atoms. The van der Waals surface area contributed by atoms with Gasteiger partial charge in [0.05, 0.1) is 5.75 Å². The van der Waals surface area contributed by atoms with E-state index in [1.54, 1.807) is 29.2 Å². The van der Waals surface area contributed by atoms with Crippen LogP contribution in [-0.4, -0.2) is 62.6 Å². The van der Waals surface area contributed by atoms with Crippen molar-refractivity contribution in [2.75, 3.05) is 43.9 Å². The zero-order valence-corrected chi connectivity index (χ0v) is 15.3. The van der Waals surface area contributed by atoms with Crippen molar-refractivity contribution < 1.29 is 12.8 Å². The van der Waals surface area contributed by atoms with Crippen molar-refractivity contribution in [2.24, 2.45) is 4.99 Å². The Balaban J connectivity index is 1.77. The van der Waals surface area contributed by atoms with E-state index in [0.717, 1.165) is 17.1 Å². The van der Waals surface area contributed by atoms with Crippen LogP contribution in [0, 0.1) is 5.82 Å². The average Bonchev–Trinajstić information content (AvgIpc) is 2.58. The Labute approximate surface area is 147 Å². The van der Waals surface area contributed by atoms with E-state index in [1.165, 1.54) is 12.1 Å². The van der Waals surface area contributed by atoms with E-state index >= 15 is 0 Å². The number of halogens is 1. The minimum Gasteiger partial charge on any atom is -0.355 e.